The van der Waals surface area contributed by atoms with Crippen LogP contribution in [0.5, 0.6) is 0 Å². The van der Waals surface area contributed by atoms with Gasteiger partial charge in [0.2, 0.25) is 0 Å². The Bertz CT molecular complexity index is 535. The van der Waals surface area contributed by atoms with E-state index in [2.05, 4.69) is 53.7 Å². The van der Waals surface area contributed by atoms with E-state index in [0.29, 0.717) is 25.6 Å². The van der Waals surface area contributed by atoms with E-state index >= 15 is 0 Å². The highest BCUT2D eigenvalue weighted by Gasteiger charge is 2.09. The van der Waals surface area contributed by atoms with Crippen LogP contribution in [-0.2, 0) is 13.1 Å². The number of hydrogen-bond acceptors (Lipinski definition) is 4. The summed E-state index contributed by atoms with van der Waals surface area (Å²) < 4.78 is 1.78. The van der Waals surface area contributed by atoms with Crippen LogP contribution in [0.1, 0.15) is 42.6 Å². The fraction of sp³-hybridized carbons (Fsp3) is 0.500. The maximum absolute atomic E-state index is 8.81. The van der Waals surface area contributed by atoms with E-state index < -0.39 is 0 Å². The summed E-state index contributed by atoms with van der Waals surface area (Å²) in [7, 11) is 0. The predicted octanol–water partition coefficient (Wildman–Crippen LogP) is 2.21. The number of benzene rings is 1. The minimum Gasteiger partial charge on any atom is -0.396 e. The molecule has 1 atom stereocenters. The van der Waals surface area contributed by atoms with Gasteiger partial charge in [0.1, 0.15) is 0 Å². The van der Waals surface area contributed by atoms with Crippen molar-refractivity contribution in [3.05, 3.63) is 47.3 Å². The number of nitrogens with zero attached hydrogens (tertiary/aromatic N) is 3. The summed E-state index contributed by atoms with van der Waals surface area (Å²) in [6, 6.07) is 8.96. The van der Waals surface area contributed by atoms with E-state index in [4.69, 9.17) is 5.11 Å². The zero-order valence-electron chi connectivity index (χ0n) is 12.8. The van der Waals surface area contributed by atoms with Gasteiger partial charge < -0.3 is 10.4 Å². The average molecular weight is 288 g/mol. The molecule has 2 N–H and O–H groups in total. The maximum atomic E-state index is 8.81. The Morgan fingerprint density at radius 3 is 2.71 bits per heavy atom. The monoisotopic (exact) mass is 288 g/mol. The molecular weight excluding hydrogens is 264 g/mol. The lowest BCUT2D eigenvalue weighted by Gasteiger charge is -2.16. The number of aliphatic hydroxyl groups is 1. The second kappa shape index (κ2) is 7.90. The van der Waals surface area contributed by atoms with E-state index in [9.17, 15) is 0 Å². The first-order valence-corrected chi connectivity index (χ1v) is 7.52. The lowest BCUT2D eigenvalue weighted by Crippen LogP contribution is -2.20. The summed E-state index contributed by atoms with van der Waals surface area (Å²) in [6.07, 6.45) is 3.67. The standard InChI is InChI=1S/C16H24N4O/c1-3-16(14-7-5-13(2)6-8-14)17-11-15-12-20(19-18-15)9-4-10-21/h5-8,12,16-17,21H,3-4,9-11H2,1-2H3. The van der Waals surface area contributed by atoms with Crippen molar-refractivity contribution in [2.45, 2.75) is 45.8 Å². The van der Waals surface area contributed by atoms with Crippen LogP contribution in [0.25, 0.3) is 0 Å². The number of hydrogen-bond donors (Lipinski definition) is 2. The highest BCUT2D eigenvalue weighted by Crippen LogP contribution is 2.17. The van der Waals surface area contributed by atoms with Gasteiger partial charge in [-0.3, -0.25) is 4.68 Å². The SMILES string of the molecule is CCC(NCc1cn(CCCO)nn1)c1ccc(C)cc1. The first-order chi connectivity index (χ1) is 10.2. The van der Waals surface area contributed by atoms with Crippen LogP contribution in [0, 0.1) is 6.92 Å². The average Bonchev–Trinajstić information content (AvgIpc) is 2.95. The van der Waals surface area contributed by atoms with Crippen LogP contribution in [0.3, 0.4) is 0 Å². The van der Waals surface area contributed by atoms with Crippen molar-refractivity contribution >= 4 is 0 Å². The van der Waals surface area contributed by atoms with Gasteiger partial charge >= 0.3 is 0 Å². The molecule has 114 valence electrons. The number of rotatable bonds is 8. The smallest absolute Gasteiger partial charge is 0.0965 e. The molecule has 0 saturated carbocycles. The number of aliphatic hydroxyl groups excluding tert-OH is 1. The first-order valence-electron chi connectivity index (χ1n) is 7.52. The highest BCUT2D eigenvalue weighted by atomic mass is 16.3. The van der Waals surface area contributed by atoms with E-state index in [1.807, 2.05) is 6.20 Å². The van der Waals surface area contributed by atoms with E-state index in [1.165, 1.54) is 11.1 Å². The van der Waals surface area contributed by atoms with Crippen molar-refractivity contribution < 1.29 is 5.11 Å². The molecule has 0 spiro atoms. The van der Waals surface area contributed by atoms with Gasteiger partial charge in [-0.25, -0.2) is 0 Å². The minimum absolute atomic E-state index is 0.179. The van der Waals surface area contributed by atoms with Gasteiger partial charge in [0, 0.05) is 31.9 Å². The lowest BCUT2D eigenvalue weighted by molar-refractivity contribution is 0.276. The van der Waals surface area contributed by atoms with Gasteiger partial charge in [-0.15, -0.1) is 5.10 Å². The Kier molecular flexibility index (Phi) is 5.90. The van der Waals surface area contributed by atoms with Crippen molar-refractivity contribution in [1.29, 1.82) is 0 Å². The molecular formula is C16H24N4O. The molecule has 1 heterocycles. The Morgan fingerprint density at radius 2 is 2.05 bits per heavy atom. The molecule has 0 amide bonds. The molecule has 2 aromatic rings. The van der Waals surface area contributed by atoms with Crippen LogP contribution in [0.15, 0.2) is 30.5 Å². The highest BCUT2D eigenvalue weighted by molar-refractivity contribution is 5.24. The largest absolute Gasteiger partial charge is 0.396 e. The number of aryl methyl sites for hydroxylation is 2. The molecule has 0 fully saturated rings. The Morgan fingerprint density at radius 1 is 1.29 bits per heavy atom. The summed E-state index contributed by atoms with van der Waals surface area (Å²) in [6.45, 7) is 5.86. The van der Waals surface area contributed by atoms with Gasteiger partial charge in [-0.05, 0) is 25.3 Å². The van der Waals surface area contributed by atoms with Crippen LogP contribution < -0.4 is 5.32 Å². The third-order valence-corrected chi connectivity index (χ3v) is 3.55. The quantitative estimate of drug-likeness (QED) is 0.782. The van der Waals surface area contributed by atoms with Crippen LogP contribution in [0.4, 0.5) is 0 Å². The van der Waals surface area contributed by atoms with Crippen molar-refractivity contribution in [2.24, 2.45) is 0 Å². The molecule has 0 radical (unpaired) electrons. The normalized spacial score (nSPS) is 12.5. The van der Waals surface area contributed by atoms with Gasteiger partial charge in [-0.2, -0.15) is 0 Å². The molecule has 0 aliphatic carbocycles. The summed E-state index contributed by atoms with van der Waals surface area (Å²) in [5, 5.41) is 20.5. The summed E-state index contributed by atoms with van der Waals surface area (Å²) in [4.78, 5) is 0. The molecule has 21 heavy (non-hydrogen) atoms. The first kappa shape index (κ1) is 15.7. The van der Waals surface area contributed by atoms with Crippen LogP contribution in [-0.4, -0.2) is 26.7 Å². The van der Waals surface area contributed by atoms with Gasteiger partial charge in [0.05, 0.1) is 5.69 Å². The molecule has 1 unspecified atom stereocenters. The summed E-state index contributed by atoms with van der Waals surface area (Å²) in [5.41, 5.74) is 3.51. The molecule has 0 aliphatic rings. The van der Waals surface area contributed by atoms with Gasteiger partial charge in [-0.1, -0.05) is 42.0 Å². The zero-order chi connectivity index (χ0) is 15.1. The molecule has 5 heteroatoms. The van der Waals surface area contributed by atoms with Crippen molar-refractivity contribution in [2.75, 3.05) is 6.61 Å². The van der Waals surface area contributed by atoms with Crippen molar-refractivity contribution in [3.8, 4) is 0 Å². The van der Waals surface area contributed by atoms with Gasteiger partial charge in [0.25, 0.3) is 0 Å². The zero-order valence-corrected chi connectivity index (χ0v) is 12.8. The third-order valence-electron chi connectivity index (χ3n) is 3.55. The van der Waals surface area contributed by atoms with Crippen LogP contribution in [0.2, 0.25) is 0 Å². The van der Waals surface area contributed by atoms with Gasteiger partial charge in [0.15, 0.2) is 0 Å². The molecule has 0 aliphatic heterocycles. The molecule has 2 rings (SSSR count). The second-order valence-electron chi connectivity index (χ2n) is 5.30. The molecule has 5 nitrogen and oxygen atoms in total. The van der Waals surface area contributed by atoms with E-state index in [-0.39, 0.29) is 6.61 Å². The Hall–Kier alpha value is -1.72. The maximum Gasteiger partial charge on any atom is 0.0965 e. The fourth-order valence-corrected chi connectivity index (χ4v) is 2.29. The van der Waals surface area contributed by atoms with Crippen molar-refractivity contribution in [3.63, 3.8) is 0 Å². The minimum atomic E-state index is 0.179. The van der Waals surface area contributed by atoms with Crippen molar-refractivity contribution in [1.82, 2.24) is 20.3 Å². The lowest BCUT2D eigenvalue weighted by atomic mass is 10.0. The Labute approximate surface area is 126 Å². The molecule has 1 aromatic carbocycles. The third kappa shape index (κ3) is 4.65. The van der Waals surface area contributed by atoms with E-state index in [1.54, 1.807) is 4.68 Å². The number of nitrogens with one attached hydrogen (secondary N) is 1. The second-order valence-corrected chi connectivity index (χ2v) is 5.30. The van der Waals surface area contributed by atoms with E-state index in [0.717, 1.165) is 12.1 Å². The molecule has 0 bridgehead atoms. The fourth-order valence-electron chi connectivity index (χ4n) is 2.29. The molecule has 0 saturated heterocycles. The summed E-state index contributed by atoms with van der Waals surface area (Å²) in [5.74, 6) is 0. The molecule has 1 aromatic heterocycles. The predicted molar refractivity (Wildman–Crippen MR) is 82.8 cm³/mol. The summed E-state index contributed by atoms with van der Waals surface area (Å²) >= 11 is 0. The number of aromatic nitrogens is 3. The Balaban J connectivity index is 1.90. The van der Waals surface area contributed by atoms with Crippen LogP contribution >= 0.6 is 0 Å². The topological polar surface area (TPSA) is 63.0 Å².